The lowest BCUT2D eigenvalue weighted by Gasteiger charge is -2.27. The molecule has 7 heteroatoms. The summed E-state index contributed by atoms with van der Waals surface area (Å²) in [6.45, 7) is 6.94. The first kappa shape index (κ1) is 21.2. The summed E-state index contributed by atoms with van der Waals surface area (Å²) >= 11 is 0. The Kier molecular flexibility index (Phi) is 6.17. The Morgan fingerprint density at radius 2 is 1.72 bits per heavy atom. The van der Waals surface area contributed by atoms with Gasteiger partial charge in [0.15, 0.2) is 0 Å². The molecule has 0 saturated carbocycles. The van der Waals surface area contributed by atoms with Crippen LogP contribution < -0.4 is 14.9 Å². The molecule has 0 bridgehead atoms. The maximum absolute atomic E-state index is 12.6. The van der Waals surface area contributed by atoms with Crippen molar-refractivity contribution in [3.05, 3.63) is 60.2 Å². The third-order valence-electron chi connectivity index (χ3n) is 4.84. The fourth-order valence-electron chi connectivity index (χ4n) is 3.52. The van der Waals surface area contributed by atoms with Crippen molar-refractivity contribution in [3.8, 4) is 0 Å². The minimum atomic E-state index is -3.21. The third kappa shape index (κ3) is 5.73. The number of amides is 2. The average Bonchev–Trinajstić information content (AvgIpc) is 3.00. The molecule has 29 heavy (non-hydrogen) atoms. The number of rotatable bonds is 5. The molecule has 1 heterocycles. The van der Waals surface area contributed by atoms with Gasteiger partial charge in [-0.2, -0.15) is 0 Å². The molecule has 0 spiro atoms. The highest BCUT2D eigenvalue weighted by molar-refractivity contribution is 7.93. The van der Waals surface area contributed by atoms with Crippen LogP contribution in [0.5, 0.6) is 0 Å². The molecule has 6 nitrogen and oxygen atoms in total. The van der Waals surface area contributed by atoms with E-state index in [1.165, 1.54) is 4.31 Å². The van der Waals surface area contributed by atoms with E-state index in [1.54, 1.807) is 24.3 Å². The molecule has 1 aliphatic heterocycles. The predicted octanol–water partition coefficient (Wildman–Crippen LogP) is 4.53. The van der Waals surface area contributed by atoms with E-state index >= 15 is 0 Å². The summed E-state index contributed by atoms with van der Waals surface area (Å²) in [6, 6.07) is 16.4. The lowest BCUT2D eigenvalue weighted by molar-refractivity contribution is 0.241. The van der Waals surface area contributed by atoms with E-state index in [-0.39, 0.29) is 23.2 Å². The van der Waals surface area contributed by atoms with Crippen LogP contribution in [0.15, 0.2) is 54.6 Å². The molecule has 1 fully saturated rings. The smallest absolute Gasteiger partial charge is 0.319 e. The van der Waals surface area contributed by atoms with E-state index < -0.39 is 10.0 Å². The number of nitrogens with one attached hydrogen (secondary N) is 2. The van der Waals surface area contributed by atoms with Crippen molar-refractivity contribution in [1.29, 1.82) is 0 Å². The van der Waals surface area contributed by atoms with Gasteiger partial charge in [-0.25, -0.2) is 13.2 Å². The van der Waals surface area contributed by atoms with Gasteiger partial charge in [-0.05, 0) is 48.1 Å². The lowest BCUT2D eigenvalue weighted by Crippen LogP contribution is -2.34. The van der Waals surface area contributed by atoms with Crippen molar-refractivity contribution in [3.63, 3.8) is 0 Å². The van der Waals surface area contributed by atoms with Crippen LogP contribution in [0.25, 0.3) is 0 Å². The standard InChI is InChI=1S/C22H29N3O3S/c1-22(2,3)16-20(17-8-5-4-6-9-17)24-21(26)23-18-10-12-19(13-11-18)25-14-7-15-29(25,27)28/h4-6,8-13,20H,7,14-16H2,1-3H3,(H2,23,24,26)/t20-/m0/s1. The van der Waals surface area contributed by atoms with Gasteiger partial charge in [0.2, 0.25) is 10.0 Å². The van der Waals surface area contributed by atoms with Gasteiger partial charge in [0.1, 0.15) is 0 Å². The second-order valence-corrected chi connectivity index (χ2v) is 10.6. The largest absolute Gasteiger partial charge is 0.331 e. The Hall–Kier alpha value is -2.54. The second-order valence-electron chi connectivity index (χ2n) is 8.62. The van der Waals surface area contributed by atoms with Gasteiger partial charge in [-0.3, -0.25) is 4.31 Å². The Morgan fingerprint density at radius 3 is 2.28 bits per heavy atom. The van der Waals surface area contributed by atoms with Crippen LogP contribution in [0.4, 0.5) is 16.2 Å². The lowest BCUT2D eigenvalue weighted by atomic mass is 9.85. The van der Waals surface area contributed by atoms with Gasteiger partial charge in [-0.15, -0.1) is 0 Å². The Balaban J connectivity index is 1.67. The maximum Gasteiger partial charge on any atom is 0.319 e. The zero-order valence-electron chi connectivity index (χ0n) is 17.2. The average molecular weight is 416 g/mol. The fraction of sp³-hybridized carbons (Fsp3) is 0.409. The van der Waals surface area contributed by atoms with E-state index in [0.717, 1.165) is 12.0 Å². The summed E-state index contributed by atoms with van der Waals surface area (Å²) in [6.07, 6.45) is 1.44. The minimum Gasteiger partial charge on any atom is -0.331 e. The molecule has 1 saturated heterocycles. The van der Waals surface area contributed by atoms with Crippen LogP contribution in [0.3, 0.4) is 0 Å². The van der Waals surface area contributed by atoms with Gasteiger partial charge in [0, 0.05) is 12.2 Å². The van der Waals surface area contributed by atoms with E-state index in [1.807, 2.05) is 30.3 Å². The Labute approximate surface area is 173 Å². The topological polar surface area (TPSA) is 78.5 Å². The zero-order chi connectivity index (χ0) is 21.1. The summed E-state index contributed by atoms with van der Waals surface area (Å²) < 4.78 is 25.5. The van der Waals surface area contributed by atoms with Crippen molar-refractivity contribution >= 4 is 27.4 Å². The quantitative estimate of drug-likeness (QED) is 0.753. The van der Waals surface area contributed by atoms with Crippen LogP contribution >= 0.6 is 0 Å². The first-order chi connectivity index (χ1) is 13.6. The van der Waals surface area contributed by atoms with Gasteiger partial charge >= 0.3 is 6.03 Å². The van der Waals surface area contributed by atoms with E-state index in [9.17, 15) is 13.2 Å². The van der Waals surface area contributed by atoms with Crippen molar-refractivity contribution in [1.82, 2.24) is 5.32 Å². The number of carbonyl (C=O) groups excluding carboxylic acids is 1. The maximum atomic E-state index is 12.6. The summed E-state index contributed by atoms with van der Waals surface area (Å²) in [5, 5.41) is 5.91. The molecular formula is C22H29N3O3S. The van der Waals surface area contributed by atoms with Crippen LogP contribution in [-0.4, -0.2) is 26.7 Å². The van der Waals surface area contributed by atoms with Crippen molar-refractivity contribution in [2.24, 2.45) is 5.41 Å². The second kappa shape index (κ2) is 8.45. The predicted molar refractivity (Wildman–Crippen MR) is 118 cm³/mol. The van der Waals surface area contributed by atoms with Crippen LogP contribution in [0, 0.1) is 5.41 Å². The summed E-state index contributed by atoms with van der Waals surface area (Å²) in [4.78, 5) is 12.6. The van der Waals surface area contributed by atoms with Crippen LogP contribution in [0.1, 0.15) is 45.2 Å². The van der Waals surface area contributed by atoms with Crippen molar-refractivity contribution in [2.75, 3.05) is 21.9 Å². The molecule has 1 aliphatic rings. The Morgan fingerprint density at radius 1 is 1.07 bits per heavy atom. The number of carbonyl (C=O) groups is 1. The highest BCUT2D eigenvalue weighted by Crippen LogP contribution is 2.30. The number of urea groups is 1. The fourth-order valence-corrected chi connectivity index (χ4v) is 5.08. The molecule has 0 radical (unpaired) electrons. The third-order valence-corrected chi connectivity index (χ3v) is 6.71. The van der Waals surface area contributed by atoms with Crippen LogP contribution in [0.2, 0.25) is 0 Å². The molecular weight excluding hydrogens is 386 g/mol. The minimum absolute atomic E-state index is 0.0522. The van der Waals surface area contributed by atoms with Crippen LogP contribution in [-0.2, 0) is 10.0 Å². The zero-order valence-corrected chi connectivity index (χ0v) is 18.0. The normalized spacial score (nSPS) is 17.0. The molecule has 2 N–H and O–H groups in total. The molecule has 0 aliphatic carbocycles. The first-order valence-corrected chi connectivity index (χ1v) is 11.5. The summed E-state index contributed by atoms with van der Waals surface area (Å²) in [7, 11) is -3.21. The molecule has 3 rings (SSSR count). The molecule has 2 amide bonds. The molecule has 0 unspecified atom stereocenters. The van der Waals surface area contributed by atoms with Gasteiger partial charge in [-0.1, -0.05) is 51.1 Å². The van der Waals surface area contributed by atoms with Crippen molar-refractivity contribution in [2.45, 2.75) is 39.7 Å². The SMILES string of the molecule is CC(C)(C)C[C@H](NC(=O)Nc1ccc(N2CCCS2(=O)=O)cc1)c1ccccc1. The summed E-state index contributed by atoms with van der Waals surface area (Å²) in [5.74, 6) is 0.185. The van der Waals surface area contributed by atoms with E-state index in [2.05, 4.69) is 31.4 Å². The summed E-state index contributed by atoms with van der Waals surface area (Å²) in [5.41, 5.74) is 2.36. The van der Waals surface area contributed by atoms with Gasteiger partial charge < -0.3 is 10.6 Å². The number of sulfonamides is 1. The van der Waals surface area contributed by atoms with Gasteiger partial charge in [0.25, 0.3) is 0 Å². The number of nitrogens with zero attached hydrogens (tertiary/aromatic N) is 1. The van der Waals surface area contributed by atoms with E-state index in [0.29, 0.717) is 24.3 Å². The van der Waals surface area contributed by atoms with E-state index in [4.69, 9.17) is 0 Å². The Bertz CT molecular complexity index is 936. The molecule has 1 atom stereocenters. The molecule has 156 valence electrons. The number of hydrogen-bond donors (Lipinski definition) is 2. The molecule has 2 aromatic rings. The number of anilines is 2. The highest BCUT2D eigenvalue weighted by Gasteiger charge is 2.28. The van der Waals surface area contributed by atoms with Crippen molar-refractivity contribution < 1.29 is 13.2 Å². The highest BCUT2D eigenvalue weighted by atomic mass is 32.2. The molecule has 0 aromatic heterocycles. The first-order valence-electron chi connectivity index (χ1n) is 9.87. The monoisotopic (exact) mass is 415 g/mol. The van der Waals surface area contributed by atoms with Gasteiger partial charge in [0.05, 0.1) is 17.5 Å². The molecule has 2 aromatic carbocycles. The number of hydrogen-bond acceptors (Lipinski definition) is 3. The number of benzene rings is 2.